The van der Waals surface area contributed by atoms with Crippen molar-refractivity contribution in [1.29, 1.82) is 0 Å². The number of allylic oxidation sites excluding steroid dienone is 9. The molecule has 1 unspecified atom stereocenters. The number of aliphatic hydroxyl groups excluding tert-OH is 1. The van der Waals surface area contributed by atoms with Crippen LogP contribution in [-0.2, 0) is 9.84 Å². The summed E-state index contributed by atoms with van der Waals surface area (Å²) >= 11 is 0. The second-order valence-corrected chi connectivity index (χ2v) is 11.0. The summed E-state index contributed by atoms with van der Waals surface area (Å²) in [6.45, 7) is 12.7. The molecule has 0 spiro atoms. The van der Waals surface area contributed by atoms with E-state index < -0.39 is 15.3 Å². The zero-order valence-electron chi connectivity index (χ0n) is 20.3. The molecule has 0 aliphatic heterocycles. The van der Waals surface area contributed by atoms with Crippen LogP contribution in [0.3, 0.4) is 0 Å². The molecule has 4 heteroatoms. The largest absolute Gasteiger partial charge is 0.374 e. The molecule has 0 bridgehead atoms. The zero-order valence-corrected chi connectivity index (χ0v) is 21.1. The van der Waals surface area contributed by atoms with Gasteiger partial charge >= 0.3 is 0 Å². The van der Waals surface area contributed by atoms with Gasteiger partial charge in [0.05, 0.1) is 0 Å². The molecule has 172 valence electrons. The fraction of sp³-hybridized carbons (Fsp3) is 0.615. The number of sulfone groups is 1. The van der Waals surface area contributed by atoms with Gasteiger partial charge in [-0.2, -0.15) is 0 Å². The van der Waals surface area contributed by atoms with Gasteiger partial charge in [-0.1, -0.05) is 52.2 Å². The van der Waals surface area contributed by atoms with Gasteiger partial charge in [-0.25, -0.2) is 8.42 Å². The molecular formula is C26H44O3S. The molecule has 0 amide bonds. The van der Waals surface area contributed by atoms with Gasteiger partial charge < -0.3 is 5.11 Å². The summed E-state index contributed by atoms with van der Waals surface area (Å²) in [4.78, 5) is 0. The first-order valence-corrected chi connectivity index (χ1v) is 13.0. The van der Waals surface area contributed by atoms with Crippen LogP contribution < -0.4 is 0 Å². The van der Waals surface area contributed by atoms with Crippen LogP contribution in [0.4, 0.5) is 0 Å². The highest BCUT2D eigenvalue weighted by atomic mass is 32.2. The predicted octanol–water partition coefficient (Wildman–Crippen LogP) is 7.22. The molecule has 0 fully saturated rings. The fourth-order valence-electron chi connectivity index (χ4n) is 2.98. The molecule has 0 rings (SSSR count). The van der Waals surface area contributed by atoms with Crippen LogP contribution in [0.15, 0.2) is 58.2 Å². The minimum Gasteiger partial charge on any atom is -0.374 e. The summed E-state index contributed by atoms with van der Waals surface area (Å²) in [5, 5.41) is 9.59. The lowest BCUT2D eigenvalue weighted by Crippen LogP contribution is -2.16. The first kappa shape index (κ1) is 28.6. The number of aliphatic hydroxyl groups is 1. The Hall–Kier alpha value is -1.39. The molecule has 0 aromatic heterocycles. The van der Waals surface area contributed by atoms with Crippen LogP contribution in [0.5, 0.6) is 0 Å². The lowest BCUT2D eigenvalue weighted by Gasteiger charge is -2.05. The topological polar surface area (TPSA) is 54.4 Å². The van der Waals surface area contributed by atoms with E-state index in [1.54, 1.807) is 0 Å². The zero-order chi connectivity index (χ0) is 23.2. The Balaban J connectivity index is 4.23. The normalized spacial score (nSPS) is 15.3. The summed E-state index contributed by atoms with van der Waals surface area (Å²) in [6.07, 6.45) is 20.0. The summed E-state index contributed by atoms with van der Waals surface area (Å²) in [7, 11) is -3.43. The van der Waals surface area contributed by atoms with Crippen LogP contribution in [0.25, 0.3) is 0 Å². The molecule has 0 aromatic carbocycles. The maximum absolute atomic E-state index is 11.3. The smallest absolute Gasteiger partial charge is 0.177 e. The SMILES string of the molecule is CC(C)=CCCC(C)=CCCC(C)=CCCC(C)=CCCC(C)=CC(O)S(C)(=O)=O. The van der Waals surface area contributed by atoms with Crippen molar-refractivity contribution in [3.63, 3.8) is 0 Å². The summed E-state index contributed by atoms with van der Waals surface area (Å²) in [5.74, 6) is 0. The average molecular weight is 437 g/mol. The molecule has 0 heterocycles. The Morgan fingerprint density at radius 1 is 0.667 bits per heavy atom. The first-order chi connectivity index (χ1) is 13.9. The third kappa shape index (κ3) is 16.4. The summed E-state index contributed by atoms with van der Waals surface area (Å²) in [5.41, 5.74) is 5.18. The average Bonchev–Trinajstić information content (AvgIpc) is 2.60. The van der Waals surface area contributed by atoms with E-state index in [2.05, 4.69) is 58.9 Å². The summed E-state index contributed by atoms with van der Waals surface area (Å²) < 4.78 is 22.5. The lowest BCUT2D eigenvalue weighted by molar-refractivity contribution is 0.294. The lowest BCUT2D eigenvalue weighted by atomic mass is 10.0. The third-order valence-electron chi connectivity index (χ3n) is 5.05. The highest BCUT2D eigenvalue weighted by Gasteiger charge is 2.13. The Kier molecular flexibility index (Phi) is 14.7. The standard InChI is InChI=1S/C26H44O3S/c1-21(2)12-8-13-22(3)14-9-15-23(4)16-10-17-24(5)18-11-19-25(6)20-26(27)30(7,28)29/h12,14,16,18,20,26-27H,8-11,13,15,17,19H2,1-7H3. The molecule has 0 aliphatic carbocycles. The van der Waals surface area contributed by atoms with Gasteiger partial charge in [0.25, 0.3) is 0 Å². The van der Waals surface area contributed by atoms with Gasteiger partial charge in [-0.05, 0) is 99.0 Å². The molecule has 0 saturated heterocycles. The fourth-order valence-corrected chi connectivity index (χ4v) is 3.46. The Morgan fingerprint density at radius 3 is 1.33 bits per heavy atom. The van der Waals surface area contributed by atoms with E-state index in [0.29, 0.717) is 0 Å². The van der Waals surface area contributed by atoms with E-state index in [-0.39, 0.29) is 0 Å². The third-order valence-corrected chi connectivity index (χ3v) is 6.06. The van der Waals surface area contributed by atoms with Crippen LogP contribution >= 0.6 is 0 Å². The molecule has 0 saturated carbocycles. The van der Waals surface area contributed by atoms with Crippen molar-refractivity contribution in [3.8, 4) is 0 Å². The van der Waals surface area contributed by atoms with Gasteiger partial charge in [0.2, 0.25) is 0 Å². The number of hydrogen-bond acceptors (Lipinski definition) is 3. The highest BCUT2D eigenvalue weighted by molar-refractivity contribution is 7.91. The van der Waals surface area contributed by atoms with E-state index in [0.717, 1.165) is 63.2 Å². The minimum absolute atomic E-state index is 0.762. The Morgan fingerprint density at radius 2 is 1.00 bits per heavy atom. The van der Waals surface area contributed by atoms with Crippen molar-refractivity contribution in [1.82, 2.24) is 0 Å². The van der Waals surface area contributed by atoms with Crippen LogP contribution in [0.1, 0.15) is 92.9 Å². The van der Waals surface area contributed by atoms with Gasteiger partial charge in [0.15, 0.2) is 15.3 Å². The first-order valence-electron chi connectivity index (χ1n) is 11.1. The molecule has 1 atom stereocenters. The Labute approximate surface area is 186 Å². The van der Waals surface area contributed by atoms with E-state index >= 15 is 0 Å². The van der Waals surface area contributed by atoms with Crippen molar-refractivity contribution >= 4 is 9.84 Å². The maximum Gasteiger partial charge on any atom is 0.177 e. The maximum atomic E-state index is 11.3. The van der Waals surface area contributed by atoms with E-state index in [4.69, 9.17) is 0 Å². The second-order valence-electron chi connectivity index (χ2n) is 8.82. The van der Waals surface area contributed by atoms with Gasteiger partial charge in [0, 0.05) is 6.26 Å². The molecule has 30 heavy (non-hydrogen) atoms. The minimum atomic E-state index is -3.43. The molecule has 0 aliphatic rings. The van der Waals surface area contributed by atoms with Gasteiger partial charge in [-0.3, -0.25) is 0 Å². The number of rotatable bonds is 14. The van der Waals surface area contributed by atoms with Crippen LogP contribution in [0.2, 0.25) is 0 Å². The van der Waals surface area contributed by atoms with Gasteiger partial charge in [0.1, 0.15) is 0 Å². The van der Waals surface area contributed by atoms with Crippen molar-refractivity contribution in [2.45, 2.75) is 98.3 Å². The monoisotopic (exact) mass is 436 g/mol. The second kappa shape index (κ2) is 15.4. The number of hydrogen-bond donors (Lipinski definition) is 1. The Bertz CT molecular complexity index is 758. The van der Waals surface area contributed by atoms with Crippen molar-refractivity contribution in [2.75, 3.05) is 6.26 Å². The van der Waals surface area contributed by atoms with Crippen molar-refractivity contribution in [2.24, 2.45) is 0 Å². The molecule has 3 nitrogen and oxygen atoms in total. The van der Waals surface area contributed by atoms with E-state index in [1.807, 2.05) is 6.92 Å². The molecule has 1 N–H and O–H groups in total. The molecular weight excluding hydrogens is 392 g/mol. The van der Waals surface area contributed by atoms with E-state index in [9.17, 15) is 13.5 Å². The van der Waals surface area contributed by atoms with Crippen molar-refractivity contribution in [3.05, 3.63) is 58.2 Å². The summed E-state index contributed by atoms with van der Waals surface area (Å²) in [6, 6.07) is 0. The predicted molar refractivity (Wildman–Crippen MR) is 132 cm³/mol. The van der Waals surface area contributed by atoms with Crippen LogP contribution in [0, 0.1) is 0 Å². The molecule has 0 aromatic rings. The van der Waals surface area contributed by atoms with Crippen LogP contribution in [-0.4, -0.2) is 25.2 Å². The highest BCUT2D eigenvalue weighted by Crippen LogP contribution is 2.15. The quantitative estimate of drug-likeness (QED) is 0.292. The molecule has 0 radical (unpaired) electrons. The van der Waals surface area contributed by atoms with Crippen molar-refractivity contribution < 1.29 is 13.5 Å². The van der Waals surface area contributed by atoms with E-state index in [1.165, 1.54) is 28.4 Å². The van der Waals surface area contributed by atoms with Gasteiger partial charge in [-0.15, -0.1) is 0 Å².